The standard InChI is InChI=1S/C20H13ClF2N6O2/c21-16-4-2-1-3-14(16)20-26-28-29(27-20)11-19(30)25-24-10-13-6-8-18(31-13)15-7-5-12(22)9-17(15)23/h1-10H,11H2,(H,25,30)/b24-10-. The highest BCUT2D eigenvalue weighted by Gasteiger charge is 2.12. The molecule has 0 unspecified atom stereocenters. The quantitative estimate of drug-likeness (QED) is 0.363. The number of hydrazone groups is 1. The van der Waals surface area contributed by atoms with Crippen LogP contribution in [0.2, 0.25) is 5.02 Å². The molecular formula is C20H13ClF2N6O2. The molecule has 0 aliphatic heterocycles. The molecule has 1 amide bonds. The van der Waals surface area contributed by atoms with E-state index in [0.717, 1.165) is 16.9 Å². The molecule has 0 aliphatic carbocycles. The van der Waals surface area contributed by atoms with Crippen molar-refractivity contribution in [2.75, 3.05) is 0 Å². The molecule has 2 heterocycles. The number of hydrogen-bond donors (Lipinski definition) is 1. The van der Waals surface area contributed by atoms with E-state index in [1.165, 1.54) is 24.4 Å². The van der Waals surface area contributed by atoms with Gasteiger partial charge in [0.25, 0.3) is 5.91 Å². The molecule has 0 fully saturated rings. The first-order chi connectivity index (χ1) is 15.0. The van der Waals surface area contributed by atoms with E-state index < -0.39 is 17.5 Å². The summed E-state index contributed by atoms with van der Waals surface area (Å²) in [4.78, 5) is 13.1. The highest BCUT2D eigenvalue weighted by molar-refractivity contribution is 6.33. The lowest BCUT2D eigenvalue weighted by Crippen LogP contribution is -2.24. The molecule has 8 nitrogen and oxygen atoms in total. The fourth-order valence-corrected chi connectivity index (χ4v) is 2.87. The maximum Gasteiger partial charge on any atom is 0.263 e. The summed E-state index contributed by atoms with van der Waals surface area (Å²) in [6, 6.07) is 13.2. The zero-order valence-electron chi connectivity index (χ0n) is 15.7. The van der Waals surface area contributed by atoms with Crippen LogP contribution in [-0.2, 0) is 11.3 Å². The number of nitrogens with one attached hydrogen (secondary N) is 1. The van der Waals surface area contributed by atoms with Crippen molar-refractivity contribution in [2.45, 2.75) is 6.54 Å². The van der Waals surface area contributed by atoms with Gasteiger partial charge in [-0.15, -0.1) is 10.2 Å². The second-order valence-corrected chi connectivity index (χ2v) is 6.65. The molecule has 0 spiro atoms. The number of benzene rings is 2. The second kappa shape index (κ2) is 8.84. The third-order valence-electron chi connectivity index (χ3n) is 4.06. The number of hydrogen-bond acceptors (Lipinski definition) is 6. The molecule has 0 radical (unpaired) electrons. The maximum absolute atomic E-state index is 13.8. The Bertz CT molecular complexity index is 1270. The maximum atomic E-state index is 13.8. The summed E-state index contributed by atoms with van der Waals surface area (Å²) in [6.07, 6.45) is 1.24. The first kappa shape index (κ1) is 20.4. The Labute approximate surface area is 179 Å². The Kier molecular flexibility index (Phi) is 5.80. The van der Waals surface area contributed by atoms with Crippen LogP contribution in [0, 0.1) is 11.6 Å². The SMILES string of the molecule is O=C(Cn1nnc(-c2ccccc2Cl)n1)N/N=C\c1ccc(-c2ccc(F)cc2F)o1. The van der Waals surface area contributed by atoms with E-state index in [1.807, 2.05) is 0 Å². The number of halogens is 3. The average molecular weight is 443 g/mol. The predicted octanol–water partition coefficient (Wildman–Crippen LogP) is 3.68. The third kappa shape index (κ3) is 4.81. The second-order valence-electron chi connectivity index (χ2n) is 6.24. The zero-order chi connectivity index (χ0) is 21.8. The van der Waals surface area contributed by atoms with Gasteiger partial charge in [0.05, 0.1) is 16.8 Å². The van der Waals surface area contributed by atoms with Crippen molar-refractivity contribution >= 4 is 23.7 Å². The van der Waals surface area contributed by atoms with Gasteiger partial charge in [0.15, 0.2) is 0 Å². The molecule has 0 bridgehead atoms. The van der Waals surface area contributed by atoms with Crippen LogP contribution in [0.15, 0.2) is 64.1 Å². The molecule has 1 N–H and O–H groups in total. The summed E-state index contributed by atoms with van der Waals surface area (Å²) >= 11 is 6.10. The van der Waals surface area contributed by atoms with Crippen molar-refractivity contribution < 1.29 is 18.0 Å². The number of nitrogens with zero attached hydrogens (tertiary/aromatic N) is 5. The fraction of sp³-hybridized carbons (Fsp3) is 0.0500. The van der Waals surface area contributed by atoms with Gasteiger partial charge in [-0.1, -0.05) is 23.7 Å². The van der Waals surface area contributed by atoms with E-state index in [4.69, 9.17) is 16.0 Å². The molecule has 0 saturated carbocycles. The minimum Gasteiger partial charge on any atom is -0.455 e. The Hall–Kier alpha value is -3.92. The van der Waals surface area contributed by atoms with Crippen molar-refractivity contribution in [1.82, 2.24) is 25.6 Å². The topological polar surface area (TPSA) is 98.2 Å². The highest BCUT2D eigenvalue weighted by Crippen LogP contribution is 2.25. The number of furan rings is 1. The van der Waals surface area contributed by atoms with E-state index in [-0.39, 0.29) is 29.5 Å². The molecule has 4 rings (SSSR count). The van der Waals surface area contributed by atoms with Gasteiger partial charge in [0.2, 0.25) is 5.82 Å². The molecule has 0 saturated heterocycles. The smallest absolute Gasteiger partial charge is 0.263 e. The third-order valence-corrected chi connectivity index (χ3v) is 4.39. The number of amides is 1. The van der Waals surface area contributed by atoms with Crippen molar-refractivity contribution in [3.63, 3.8) is 0 Å². The fourth-order valence-electron chi connectivity index (χ4n) is 2.65. The normalized spacial score (nSPS) is 11.2. The first-order valence-corrected chi connectivity index (χ1v) is 9.27. The zero-order valence-corrected chi connectivity index (χ0v) is 16.4. The predicted molar refractivity (Wildman–Crippen MR) is 108 cm³/mol. The molecule has 0 aliphatic rings. The number of aromatic nitrogens is 4. The van der Waals surface area contributed by atoms with Crippen LogP contribution in [0.3, 0.4) is 0 Å². The van der Waals surface area contributed by atoms with Crippen molar-refractivity contribution in [1.29, 1.82) is 0 Å². The number of carbonyl (C=O) groups excluding carboxylic acids is 1. The lowest BCUT2D eigenvalue weighted by Gasteiger charge is -1.99. The molecule has 2 aromatic carbocycles. The lowest BCUT2D eigenvalue weighted by atomic mass is 10.1. The van der Waals surface area contributed by atoms with Gasteiger partial charge in [0.1, 0.15) is 29.7 Å². The summed E-state index contributed by atoms with van der Waals surface area (Å²) in [7, 11) is 0. The molecule has 4 aromatic rings. The van der Waals surface area contributed by atoms with Crippen LogP contribution < -0.4 is 5.43 Å². The lowest BCUT2D eigenvalue weighted by molar-refractivity contribution is -0.122. The van der Waals surface area contributed by atoms with Gasteiger partial charge in [-0.3, -0.25) is 4.79 Å². The molecular weight excluding hydrogens is 430 g/mol. The van der Waals surface area contributed by atoms with Gasteiger partial charge in [-0.25, -0.2) is 14.2 Å². The van der Waals surface area contributed by atoms with E-state index in [0.29, 0.717) is 10.6 Å². The molecule has 31 heavy (non-hydrogen) atoms. The van der Waals surface area contributed by atoms with Gasteiger partial charge in [-0.05, 0) is 41.6 Å². The first-order valence-electron chi connectivity index (χ1n) is 8.89. The Morgan fingerprint density at radius 2 is 2.00 bits per heavy atom. The van der Waals surface area contributed by atoms with Crippen LogP contribution >= 0.6 is 11.6 Å². The number of tetrazole rings is 1. The van der Waals surface area contributed by atoms with E-state index >= 15 is 0 Å². The van der Waals surface area contributed by atoms with E-state index in [2.05, 4.69) is 25.9 Å². The Morgan fingerprint density at radius 1 is 1.16 bits per heavy atom. The number of rotatable bonds is 6. The average Bonchev–Trinajstić information content (AvgIpc) is 3.38. The van der Waals surface area contributed by atoms with Crippen LogP contribution in [-0.4, -0.2) is 32.3 Å². The summed E-state index contributed by atoms with van der Waals surface area (Å²) in [5, 5.41) is 16.1. The van der Waals surface area contributed by atoms with Crippen LogP contribution in [0.1, 0.15) is 5.76 Å². The molecule has 2 aromatic heterocycles. The number of carbonyl (C=O) groups is 1. The summed E-state index contributed by atoms with van der Waals surface area (Å²) in [5.74, 6) is -1.18. The van der Waals surface area contributed by atoms with Crippen LogP contribution in [0.5, 0.6) is 0 Å². The van der Waals surface area contributed by atoms with Crippen LogP contribution in [0.4, 0.5) is 8.78 Å². The summed E-state index contributed by atoms with van der Waals surface area (Å²) in [5.41, 5.74) is 3.01. The van der Waals surface area contributed by atoms with E-state index in [9.17, 15) is 13.6 Å². The van der Waals surface area contributed by atoms with E-state index in [1.54, 1.807) is 24.3 Å². The van der Waals surface area contributed by atoms with Gasteiger partial charge < -0.3 is 4.42 Å². The molecule has 11 heteroatoms. The van der Waals surface area contributed by atoms with Gasteiger partial charge in [0, 0.05) is 11.6 Å². The van der Waals surface area contributed by atoms with Crippen molar-refractivity contribution in [3.8, 4) is 22.7 Å². The Morgan fingerprint density at radius 3 is 2.81 bits per heavy atom. The highest BCUT2D eigenvalue weighted by atomic mass is 35.5. The summed E-state index contributed by atoms with van der Waals surface area (Å²) in [6.45, 7) is -0.223. The van der Waals surface area contributed by atoms with Crippen molar-refractivity contribution in [2.24, 2.45) is 5.10 Å². The minimum absolute atomic E-state index is 0.108. The minimum atomic E-state index is -0.748. The van der Waals surface area contributed by atoms with Gasteiger partial charge in [-0.2, -0.15) is 9.90 Å². The van der Waals surface area contributed by atoms with Gasteiger partial charge >= 0.3 is 0 Å². The molecule has 0 atom stereocenters. The Balaban J connectivity index is 1.35. The van der Waals surface area contributed by atoms with Crippen molar-refractivity contribution in [3.05, 3.63) is 77.0 Å². The molecule has 156 valence electrons. The monoisotopic (exact) mass is 442 g/mol. The van der Waals surface area contributed by atoms with Crippen LogP contribution in [0.25, 0.3) is 22.7 Å². The largest absolute Gasteiger partial charge is 0.455 e. The summed E-state index contributed by atoms with van der Waals surface area (Å²) < 4.78 is 32.3.